The predicted molar refractivity (Wildman–Crippen MR) is 70.8 cm³/mol. The largest absolute Gasteiger partial charge is 0.392 e. The summed E-state index contributed by atoms with van der Waals surface area (Å²) in [5.41, 5.74) is 0.775. The Morgan fingerprint density at radius 1 is 1.50 bits per heavy atom. The minimum absolute atomic E-state index is 0.118. The van der Waals surface area contributed by atoms with E-state index in [1.54, 1.807) is 6.92 Å². The fraction of sp³-hybridized carbons (Fsp3) is 0.727. The molecule has 1 unspecified atom stereocenters. The second kappa shape index (κ2) is 8.12. The fourth-order valence-corrected chi connectivity index (χ4v) is 2.06. The minimum atomic E-state index is -0.373. The number of carbonyl (C=O) groups excluding carboxylic acids is 1. The number of nitrogens with zero attached hydrogens (tertiary/aromatic N) is 2. The van der Waals surface area contributed by atoms with Gasteiger partial charge in [-0.25, -0.2) is 0 Å². The quantitative estimate of drug-likeness (QED) is 0.588. The van der Waals surface area contributed by atoms with Crippen molar-refractivity contribution in [3.8, 4) is 0 Å². The Balaban J connectivity index is 2.29. The van der Waals surface area contributed by atoms with Gasteiger partial charge in [-0.15, -0.1) is 5.10 Å². The standard InChI is InChI=1S/C11H20N4O2S/c1-3-4-9-10(18-15-14-9)11(17)13-6-5-12-7-8(2)16/h8,12,16H,3-7H2,1-2H3,(H,13,17). The second-order valence-electron chi connectivity index (χ2n) is 4.11. The molecule has 18 heavy (non-hydrogen) atoms. The summed E-state index contributed by atoms with van der Waals surface area (Å²) in [5.74, 6) is -0.118. The maximum atomic E-state index is 11.8. The molecule has 0 aromatic carbocycles. The van der Waals surface area contributed by atoms with Crippen molar-refractivity contribution in [2.75, 3.05) is 19.6 Å². The van der Waals surface area contributed by atoms with Gasteiger partial charge in [-0.2, -0.15) is 0 Å². The first-order valence-electron chi connectivity index (χ1n) is 6.13. The smallest absolute Gasteiger partial charge is 0.264 e. The second-order valence-corrected chi connectivity index (χ2v) is 4.86. The van der Waals surface area contributed by atoms with E-state index < -0.39 is 0 Å². The number of hydrogen-bond acceptors (Lipinski definition) is 6. The maximum Gasteiger partial charge on any atom is 0.264 e. The molecule has 1 heterocycles. The van der Waals surface area contributed by atoms with Crippen LogP contribution >= 0.6 is 11.5 Å². The summed E-state index contributed by atoms with van der Waals surface area (Å²) in [5, 5.41) is 18.8. The van der Waals surface area contributed by atoms with Crippen LogP contribution in [0.3, 0.4) is 0 Å². The van der Waals surface area contributed by atoms with E-state index in [2.05, 4.69) is 20.2 Å². The summed E-state index contributed by atoms with van der Waals surface area (Å²) < 4.78 is 3.81. The first-order valence-corrected chi connectivity index (χ1v) is 6.90. The highest BCUT2D eigenvalue weighted by Gasteiger charge is 2.14. The van der Waals surface area contributed by atoms with E-state index in [-0.39, 0.29) is 12.0 Å². The van der Waals surface area contributed by atoms with Crippen LogP contribution in [0.4, 0.5) is 0 Å². The molecule has 0 aliphatic heterocycles. The molecule has 0 aliphatic rings. The lowest BCUT2D eigenvalue weighted by atomic mass is 10.2. The molecular weight excluding hydrogens is 252 g/mol. The van der Waals surface area contributed by atoms with E-state index >= 15 is 0 Å². The van der Waals surface area contributed by atoms with Crippen molar-refractivity contribution in [2.45, 2.75) is 32.8 Å². The fourth-order valence-electron chi connectivity index (χ4n) is 1.44. The van der Waals surface area contributed by atoms with Gasteiger partial charge in [-0.1, -0.05) is 17.8 Å². The highest BCUT2D eigenvalue weighted by Crippen LogP contribution is 2.11. The van der Waals surface area contributed by atoms with E-state index in [9.17, 15) is 4.79 Å². The van der Waals surface area contributed by atoms with E-state index in [0.29, 0.717) is 24.5 Å². The van der Waals surface area contributed by atoms with Crippen molar-refractivity contribution in [3.05, 3.63) is 10.6 Å². The zero-order chi connectivity index (χ0) is 13.4. The van der Waals surface area contributed by atoms with Crippen LogP contribution in [0, 0.1) is 0 Å². The van der Waals surface area contributed by atoms with Gasteiger partial charge in [0.05, 0.1) is 11.8 Å². The van der Waals surface area contributed by atoms with Crippen LogP contribution in [-0.2, 0) is 6.42 Å². The number of aliphatic hydroxyl groups excluding tert-OH is 1. The number of hydrogen-bond donors (Lipinski definition) is 3. The van der Waals surface area contributed by atoms with Crippen LogP contribution in [0.5, 0.6) is 0 Å². The SMILES string of the molecule is CCCc1nnsc1C(=O)NCCNCC(C)O. The van der Waals surface area contributed by atoms with Crippen molar-refractivity contribution in [1.29, 1.82) is 0 Å². The lowest BCUT2D eigenvalue weighted by molar-refractivity contribution is 0.0956. The molecule has 0 bridgehead atoms. The summed E-state index contributed by atoms with van der Waals surface area (Å²) in [6.07, 6.45) is 1.35. The minimum Gasteiger partial charge on any atom is -0.392 e. The van der Waals surface area contributed by atoms with Crippen LogP contribution in [0.2, 0.25) is 0 Å². The van der Waals surface area contributed by atoms with E-state index in [4.69, 9.17) is 5.11 Å². The van der Waals surface area contributed by atoms with Crippen LogP contribution in [-0.4, -0.2) is 46.3 Å². The molecule has 0 saturated heterocycles. The number of aryl methyl sites for hydroxylation is 1. The van der Waals surface area contributed by atoms with Crippen LogP contribution < -0.4 is 10.6 Å². The number of aliphatic hydroxyl groups is 1. The third-order valence-electron chi connectivity index (χ3n) is 2.28. The monoisotopic (exact) mass is 272 g/mol. The number of nitrogens with one attached hydrogen (secondary N) is 2. The first kappa shape index (κ1) is 15.0. The Hall–Kier alpha value is -1.05. The number of aromatic nitrogens is 2. The third kappa shape index (κ3) is 5.07. The molecular formula is C11H20N4O2S. The molecule has 0 spiro atoms. The van der Waals surface area contributed by atoms with Crippen LogP contribution in [0.15, 0.2) is 0 Å². The Morgan fingerprint density at radius 3 is 2.94 bits per heavy atom. The lowest BCUT2D eigenvalue weighted by Gasteiger charge is -2.07. The number of rotatable bonds is 8. The predicted octanol–water partition coefficient (Wildman–Crippen LogP) is 0.191. The lowest BCUT2D eigenvalue weighted by Crippen LogP contribution is -2.34. The van der Waals surface area contributed by atoms with E-state index in [1.807, 2.05) is 6.92 Å². The van der Waals surface area contributed by atoms with Crippen molar-refractivity contribution < 1.29 is 9.90 Å². The highest BCUT2D eigenvalue weighted by atomic mass is 32.1. The summed E-state index contributed by atoms with van der Waals surface area (Å²) in [4.78, 5) is 12.4. The van der Waals surface area contributed by atoms with Gasteiger partial charge in [0.25, 0.3) is 5.91 Å². The van der Waals surface area contributed by atoms with Crippen LogP contribution in [0.1, 0.15) is 35.6 Å². The zero-order valence-corrected chi connectivity index (χ0v) is 11.6. The van der Waals surface area contributed by atoms with Crippen molar-refractivity contribution >= 4 is 17.4 Å². The number of amides is 1. The van der Waals surface area contributed by atoms with Gasteiger partial charge in [0.2, 0.25) is 0 Å². The van der Waals surface area contributed by atoms with Gasteiger partial charge in [-0.3, -0.25) is 4.79 Å². The molecule has 0 fully saturated rings. The van der Waals surface area contributed by atoms with Crippen molar-refractivity contribution in [2.24, 2.45) is 0 Å². The molecule has 1 rings (SSSR count). The summed E-state index contributed by atoms with van der Waals surface area (Å²) in [6.45, 7) is 5.44. The molecule has 1 aromatic heterocycles. The summed E-state index contributed by atoms with van der Waals surface area (Å²) in [6, 6.07) is 0. The molecule has 1 amide bonds. The molecule has 102 valence electrons. The van der Waals surface area contributed by atoms with Gasteiger partial charge in [0, 0.05) is 19.6 Å². The molecule has 6 nitrogen and oxygen atoms in total. The Morgan fingerprint density at radius 2 is 2.28 bits per heavy atom. The Labute approximate surface area is 111 Å². The molecule has 0 saturated carbocycles. The molecule has 1 atom stereocenters. The molecule has 0 aliphatic carbocycles. The van der Waals surface area contributed by atoms with Gasteiger partial charge in [0.1, 0.15) is 4.88 Å². The van der Waals surface area contributed by atoms with Gasteiger partial charge >= 0.3 is 0 Å². The average molecular weight is 272 g/mol. The Kier molecular flexibility index (Phi) is 6.77. The van der Waals surface area contributed by atoms with Crippen molar-refractivity contribution in [3.63, 3.8) is 0 Å². The van der Waals surface area contributed by atoms with E-state index in [0.717, 1.165) is 30.1 Å². The van der Waals surface area contributed by atoms with Gasteiger partial charge in [-0.05, 0) is 24.9 Å². The van der Waals surface area contributed by atoms with Gasteiger partial charge < -0.3 is 15.7 Å². The van der Waals surface area contributed by atoms with E-state index in [1.165, 1.54) is 0 Å². The molecule has 0 radical (unpaired) electrons. The third-order valence-corrected chi connectivity index (χ3v) is 3.04. The molecule has 3 N–H and O–H groups in total. The zero-order valence-electron chi connectivity index (χ0n) is 10.8. The first-order chi connectivity index (χ1) is 8.65. The maximum absolute atomic E-state index is 11.8. The average Bonchev–Trinajstić information content (AvgIpc) is 2.77. The highest BCUT2D eigenvalue weighted by molar-refractivity contribution is 7.08. The molecule has 7 heteroatoms. The summed E-state index contributed by atoms with van der Waals surface area (Å²) in [7, 11) is 0. The number of carbonyl (C=O) groups is 1. The van der Waals surface area contributed by atoms with Crippen molar-refractivity contribution in [1.82, 2.24) is 20.2 Å². The summed E-state index contributed by atoms with van der Waals surface area (Å²) >= 11 is 1.13. The normalized spacial score (nSPS) is 12.4. The topological polar surface area (TPSA) is 87.1 Å². The van der Waals surface area contributed by atoms with Gasteiger partial charge in [0.15, 0.2) is 0 Å². The Bertz CT molecular complexity index is 368. The molecule has 1 aromatic rings. The van der Waals surface area contributed by atoms with Crippen LogP contribution in [0.25, 0.3) is 0 Å².